The topological polar surface area (TPSA) is 73.6 Å². The van der Waals surface area contributed by atoms with Crippen LogP contribution in [0, 0.1) is 0 Å². The van der Waals surface area contributed by atoms with E-state index in [1.807, 2.05) is 18.2 Å². The first-order valence-electron chi connectivity index (χ1n) is 4.82. The summed E-state index contributed by atoms with van der Waals surface area (Å²) in [4.78, 5) is 4.02. The molecule has 0 heterocycles. The minimum Gasteiger partial charge on any atom is -0.494 e. The summed E-state index contributed by atoms with van der Waals surface area (Å²) in [5, 5.41) is 0. The van der Waals surface area contributed by atoms with Gasteiger partial charge in [0.1, 0.15) is 11.4 Å². The molecular weight excluding hydrogens is 190 g/mol. The third-order valence-electron chi connectivity index (χ3n) is 2.12. The minimum atomic E-state index is 0.0363. The highest BCUT2D eigenvalue weighted by Crippen LogP contribution is 2.30. The van der Waals surface area contributed by atoms with E-state index in [1.54, 1.807) is 7.11 Å². The van der Waals surface area contributed by atoms with Crippen molar-refractivity contribution in [3.8, 4) is 5.75 Å². The smallest absolute Gasteiger partial charge is 0.191 e. The quantitative estimate of drug-likeness (QED) is 0.585. The lowest BCUT2D eigenvalue weighted by Crippen LogP contribution is -2.22. The third-order valence-corrected chi connectivity index (χ3v) is 2.12. The summed E-state index contributed by atoms with van der Waals surface area (Å²) in [5.41, 5.74) is 12.5. The van der Waals surface area contributed by atoms with Gasteiger partial charge in [-0.1, -0.05) is 19.9 Å². The van der Waals surface area contributed by atoms with Crippen molar-refractivity contribution >= 4 is 11.6 Å². The van der Waals surface area contributed by atoms with E-state index in [2.05, 4.69) is 18.8 Å². The highest BCUT2D eigenvalue weighted by Gasteiger charge is 2.06. The predicted octanol–water partition coefficient (Wildman–Crippen LogP) is 1.72. The van der Waals surface area contributed by atoms with Crippen molar-refractivity contribution in [1.82, 2.24) is 0 Å². The summed E-state index contributed by atoms with van der Waals surface area (Å²) >= 11 is 0. The van der Waals surface area contributed by atoms with Crippen molar-refractivity contribution in [3.63, 3.8) is 0 Å². The molecule has 0 saturated carbocycles. The molecule has 0 radical (unpaired) electrons. The maximum atomic E-state index is 5.35. The Hall–Kier alpha value is -1.71. The van der Waals surface area contributed by atoms with Crippen LogP contribution < -0.4 is 16.2 Å². The number of hydrogen-bond acceptors (Lipinski definition) is 2. The molecule has 4 heteroatoms. The second kappa shape index (κ2) is 4.68. The van der Waals surface area contributed by atoms with Crippen LogP contribution in [0.5, 0.6) is 5.75 Å². The van der Waals surface area contributed by atoms with Crippen molar-refractivity contribution in [2.24, 2.45) is 16.5 Å². The number of guanidine groups is 1. The summed E-state index contributed by atoms with van der Waals surface area (Å²) in [6, 6.07) is 5.82. The fourth-order valence-corrected chi connectivity index (χ4v) is 1.29. The number of hydrogen-bond donors (Lipinski definition) is 2. The molecule has 0 spiro atoms. The van der Waals surface area contributed by atoms with Crippen molar-refractivity contribution in [1.29, 1.82) is 0 Å². The largest absolute Gasteiger partial charge is 0.494 e. The molecule has 0 fully saturated rings. The highest BCUT2D eigenvalue weighted by atomic mass is 16.5. The van der Waals surface area contributed by atoms with Crippen LogP contribution in [0.3, 0.4) is 0 Å². The Morgan fingerprint density at radius 2 is 2.00 bits per heavy atom. The van der Waals surface area contributed by atoms with Crippen molar-refractivity contribution in [2.45, 2.75) is 19.8 Å². The van der Waals surface area contributed by atoms with Gasteiger partial charge in [0.25, 0.3) is 0 Å². The molecule has 1 aromatic carbocycles. The molecule has 1 aromatic rings. The molecule has 82 valence electrons. The van der Waals surface area contributed by atoms with E-state index in [-0.39, 0.29) is 5.96 Å². The van der Waals surface area contributed by atoms with Crippen LogP contribution in [0.15, 0.2) is 23.2 Å². The highest BCUT2D eigenvalue weighted by molar-refractivity contribution is 5.80. The molecule has 4 nitrogen and oxygen atoms in total. The lowest BCUT2D eigenvalue weighted by atomic mass is 10.0. The van der Waals surface area contributed by atoms with Crippen LogP contribution in [0.4, 0.5) is 5.69 Å². The zero-order chi connectivity index (χ0) is 11.4. The zero-order valence-electron chi connectivity index (χ0n) is 9.32. The van der Waals surface area contributed by atoms with Crippen LogP contribution in [-0.2, 0) is 0 Å². The van der Waals surface area contributed by atoms with Gasteiger partial charge in [-0.15, -0.1) is 0 Å². The van der Waals surface area contributed by atoms with Crippen LogP contribution in [0.1, 0.15) is 25.3 Å². The molecule has 0 aromatic heterocycles. The summed E-state index contributed by atoms with van der Waals surface area (Å²) < 4.78 is 5.16. The van der Waals surface area contributed by atoms with Gasteiger partial charge in [-0.3, -0.25) is 0 Å². The average molecular weight is 207 g/mol. The lowest BCUT2D eigenvalue weighted by Gasteiger charge is -2.09. The van der Waals surface area contributed by atoms with Crippen molar-refractivity contribution < 1.29 is 4.74 Å². The Morgan fingerprint density at radius 1 is 1.33 bits per heavy atom. The zero-order valence-corrected chi connectivity index (χ0v) is 9.32. The molecule has 0 aliphatic heterocycles. The maximum Gasteiger partial charge on any atom is 0.191 e. The third kappa shape index (κ3) is 2.87. The van der Waals surface area contributed by atoms with E-state index in [9.17, 15) is 0 Å². The Balaban J connectivity index is 3.19. The number of rotatable bonds is 3. The van der Waals surface area contributed by atoms with E-state index >= 15 is 0 Å². The number of nitrogens with zero attached hydrogens (tertiary/aromatic N) is 1. The second-order valence-electron chi connectivity index (χ2n) is 3.62. The van der Waals surface area contributed by atoms with E-state index in [4.69, 9.17) is 16.2 Å². The summed E-state index contributed by atoms with van der Waals surface area (Å²) in [6.07, 6.45) is 0. The van der Waals surface area contributed by atoms with Crippen LogP contribution in [-0.4, -0.2) is 13.1 Å². The average Bonchev–Trinajstić information content (AvgIpc) is 2.16. The molecule has 0 unspecified atom stereocenters. The van der Waals surface area contributed by atoms with Gasteiger partial charge in [0.15, 0.2) is 5.96 Å². The van der Waals surface area contributed by atoms with E-state index < -0.39 is 0 Å². The van der Waals surface area contributed by atoms with E-state index in [1.165, 1.54) is 5.56 Å². The Bertz CT molecular complexity index is 368. The first kappa shape index (κ1) is 11.4. The molecule has 0 atom stereocenters. The monoisotopic (exact) mass is 207 g/mol. The van der Waals surface area contributed by atoms with Crippen molar-refractivity contribution in [3.05, 3.63) is 23.8 Å². The Labute approximate surface area is 89.9 Å². The van der Waals surface area contributed by atoms with Gasteiger partial charge >= 0.3 is 0 Å². The van der Waals surface area contributed by atoms with Crippen molar-refractivity contribution in [2.75, 3.05) is 7.11 Å². The van der Waals surface area contributed by atoms with Gasteiger partial charge in [0, 0.05) is 0 Å². The number of methoxy groups -OCH3 is 1. The number of aliphatic imine (C=N–C) groups is 1. The van der Waals surface area contributed by atoms with Gasteiger partial charge in [0.2, 0.25) is 0 Å². The lowest BCUT2D eigenvalue weighted by molar-refractivity contribution is 0.416. The number of ether oxygens (including phenoxy) is 1. The molecule has 0 bridgehead atoms. The maximum absolute atomic E-state index is 5.35. The second-order valence-corrected chi connectivity index (χ2v) is 3.62. The summed E-state index contributed by atoms with van der Waals surface area (Å²) in [7, 11) is 1.59. The molecule has 1 rings (SSSR count). The van der Waals surface area contributed by atoms with Gasteiger partial charge < -0.3 is 16.2 Å². The van der Waals surface area contributed by atoms with Gasteiger partial charge in [-0.25, -0.2) is 4.99 Å². The molecule has 0 aliphatic rings. The van der Waals surface area contributed by atoms with E-state index in [0.717, 1.165) is 0 Å². The summed E-state index contributed by atoms with van der Waals surface area (Å²) in [6.45, 7) is 4.22. The van der Waals surface area contributed by atoms with Gasteiger partial charge in [-0.05, 0) is 23.6 Å². The predicted molar refractivity (Wildman–Crippen MR) is 62.6 cm³/mol. The molecule has 15 heavy (non-hydrogen) atoms. The van der Waals surface area contributed by atoms with Crippen LogP contribution in [0.2, 0.25) is 0 Å². The van der Waals surface area contributed by atoms with Gasteiger partial charge in [0.05, 0.1) is 7.11 Å². The molecule has 0 saturated heterocycles. The molecular formula is C11H17N3O. The SMILES string of the molecule is COc1ccc(C(C)C)cc1N=C(N)N. The molecule has 4 N–H and O–H groups in total. The molecule has 0 amide bonds. The Kier molecular flexibility index (Phi) is 3.55. The van der Waals surface area contributed by atoms with Crippen LogP contribution in [0.25, 0.3) is 0 Å². The Morgan fingerprint density at radius 3 is 2.47 bits per heavy atom. The van der Waals surface area contributed by atoms with Gasteiger partial charge in [-0.2, -0.15) is 0 Å². The molecule has 0 aliphatic carbocycles. The number of nitrogens with two attached hydrogens (primary N) is 2. The van der Waals surface area contributed by atoms with E-state index in [0.29, 0.717) is 17.4 Å². The fraction of sp³-hybridized carbons (Fsp3) is 0.364. The fourth-order valence-electron chi connectivity index (χ4n) is 1.29. The number of benzene rings is 1. The first-order chi connectivity index (χ1) is 7.04. The summed E-state index contributed by atoms with van der Waals surface area (Å²) in [5.74, 6) is 1.14. The first-order valence-corrected chi connectivity index (χ1v) is 4.82. The standard InChI is InChI=1S/C11H17N3O/c1-7(2)8-4-5-10(15-3)9(6-8)14-11(12)13/h4-7H,1-3H3,(H4,12,13,14). The van der Waals surface area contributed by atoms with Crippen LogP contribution >= 0.6 is 0 Å². The normalized spacial score (nSPS) is 10.1. The minimum absolute atomic E-state index is 0.0363.